The standard InChI is InChI=1S/C13H18N4O/c1-10(2)7-17-9-15-16-13(17)8-18-12-6-4-3-5-11(12)14/h3-6,9-10H,7-8,14H2,1-2H3. The highest BCUT2D eigenvalue weighted by atomic mass is 16.5. The minimum absolute atomic E-state index is 0.376. The van der Waals surface area contributed by atoms with Gasteiger partial charge in [-0.2, -0.15) is 0 Å². The summed E-state index contributed by atoms with van der Waals surface area (Å²) in [5.74, 6) is 2.03. The summed E-state index contributed by atoms with van der Waals surface area (Å²) < 4.78 is 7.66. The number of nitrogens with two attached hydrogens (primary N) is 1. The van der Waals surface area contributed by atoms with E-state index in [1.807, 2.05) is 28.8 Å². The van der Waals surface area contributed by atoms with Crippen LogP contribution < -0.4 is 10.5 Å². The zero-order valence-electron chi connectivity index (χ0n) is 10.7. The Kier molecular flexibility index (Phi) is 3.82. The van der Waals surface area contributed by atoms with Crippen LogP contribution in [0.15, 0.2) is 30.6 Å². The molecule has 2 aromatic rings. The van der Waals surface area contributed by atoms with Crippen LogP contribution in [0, 0.1) is 5.92 Å². The van der Waals surface area contributed by atoms with Gasteiger partial charge < -0.3 is 15.0 Å². The van der Waals surface area contributed by atoms with E-state index in [0.717, 1.165) is 12.4 Å². The second-order valence-electron chi connectivity index (χ2n) is 4.62. The molecule has 0 atom stereocenters. The van der Waals surface area contributed by atoms with Crippen LogP contribution in [0.3, 0.4) is 0 Å². The average molecular weight is 246 g/mol. The smallest absolute Gasteiger partial charge is 0.170 e. The SMILES string of the molecule is CC(C)Cn1cnnc1COc1ccccc1N. The molecule has 0 aliphatic heterocycles. The predicted molar refractivity (Wildman–Crippen MR) is 70.0 cm³/mol. The first-order valence-corrected chi connectivity index (χ1v) is 6.01. The van der Waals surface area contributed by atoms with Gasteiger partial charge in [-0.05, 0) is 18.1 Å². The molecule has 18 heavy (non-hydrogen) atoms. The molecule has 0 radical (unpaired) electrons. The van der Waals surface area contributed by atoms with E-state index in [1.165, 1.54) is 0 Å². The highest BCUT2D eigenvalue weighted by molar-refractivity contribution is 5.51. The van der Waals surface area contributed by atoms with E-state index in [1.54, 1.807) is 6.33 Å². The molecule has 0 spiro atoms. The predicted octanol–water partition coefficient (Wildman–Crippen LogP) is 2.10. The Labute approximate surface area is 107 Å². The molecule has 0 amide bonds. The molecule has 0 saturated carbocycles. The van der Waals surface area contributed by atoms with Crippen molar-refractivity contribution in [2.24, 2.45) is 5.92 Å². The number of rotatable bonds is 5. The summed E-state index contributed by atoms with van der Waals surface area (Å²) in [6, 6.07) is 7.43. The summed E-state index contributed by atoms with van der Waals surface area (Å²) in [5.41, 5.74) is 6.44. The second-order valence-corrected chi connectivity index (χ2v) is 4.62. The number of benzene rings is 1. The third kappa shape index (κ3) is 3.00. The minimum Gasteiger partial charge on any atom is -0.483 e. The summed E-state index contributed by atoms with van der Waals surface area (Å²) in [7, 11) is 0. The third-order valence-corrected chi connectivity index (χ3v) is 2.53. The van der Waals surface area contributed by atoms with Crippen LogP contribution in [-0.4, -0.2) is 14.8 Å². The molecule has 0 saturated heterocycles. The van der Waals surface area contributed by atoms with Crippen LogP contribution in [0.5, 0.6) is 5.75 Å². The molecule has 5 nitrogen and oxygen atoms in total. The first-order chi connectivity index (χ1) is 8.66. The third-order valence-electron chi connectivity index (χ3n) is 2.53. The fourth-order valence-electron chi connectivity index (χ4n) is 1.69. The van der Waals surface area contributed by atoms with Crippen LogP contribution in [0.25, 0.3) is 0 Å². The topological polar surface area (TPSA) is 66.0 Å². The molecule has 0 fully saturated rings. The maximum atomic E-state index is 5.81. The molecule has 2 N–H and O–H groups in total. The van der Waals surface area contributed by atoms with Crippen molar-refractivity contribution in [3.8, 4) is 5.75 Å². The van der Waals surface area contributed by atoms with Crippen LogP contribution >= 0.6 is 0 Å². The molecule has 0 bridgehead atoms. The molecule has 1 heterocycles. The quantitative estimate of drug-likeness (QED) is 0.820. The van der Waals surface area contributed by atoms with Crippen molar-refractivity contribution in [2.45, 2.75) is 27.0 Å². The minimum atomic E-state index is 0.376. The van der Waals surface area contributed by atoms with Gasteiger partial charge in [-0.25, -0.2) is 0 Å². The number of para-hydroxylation sites is 2. The molecule has 5 heteroatoms. The van der Waals surface area contributed by atoms with Gasteiger partial charge in [-0.1, -0.05) is 26.0 Å². The molecule has 2 rings (SSSR count). The Balaban J connectivity index is 2.02. The Morgan fingerprint density at radius 2 is 2.11 bits per heavy atom. The van der Waals surface area contributed by atoms with Crippen molar-refractivity contribution >= 4 is 5.69 Å². The summed E-state index contributed by atoms with van der Waals surface area (Å²) in [6.45, 7) is 5.57. The normalized spacial score (nSPS) is 10.8. The summed E-state index contributed by atoms with van der Waals surface area (Å²) >= 11 is 0. The molecule has 1 aromatic carbocycles. The van der Waals surface area contributed by atoms with E-state index in [9.17, 15) is 0 Å². The Hall–Kier alpha value is -2.04. The van der Waals surface area contributed by atoms with E-state index in [0.29, 0.717) is 24.0 Å². The molecular formula is C13H18N4O. The fraction of sp³-hybridized carbons (Fsp3) is 0.385. The number of ether oxygens (including phenoxy) is 1. The highest BCUT2D eigenvalue weighted by Gasteiger charge is 2.07. The van der Waals surface area contributed by atoms with E-state index in [-0.39, 0.29) is 0 Å². The van der Waals surface area contributed by atoms with Crippen molar-refractivity contribution in [1.82, 2.24) is 14.8 Å². The summed E-state index contributed by atoms with van der Waals surface area (Å²) in [4.78, 5) is 0. The van der Waals surface area contributed by atoms with Gasteiger partial charge in [0.15, 0.2) is 5.82 Å². The van der Waals surface area contributed by atoms with Gasteiger partial charge in [0.1, 0.15) is 18.7 Å². The van der Waals surface area contributed by atoms with Gasteiger partial charge in [0.05, 0.1) is 5.69 Å². The number of hydrogen-bond donors (Lipinski definition) is 1. The largest absolute Gasteiger partial charge is 0.483 e. The van der Waals surface area contributed by atoms with Crippen LogP contribution in [0.1, 0.15) is 19.7 Å². The Morgan fingerprint density at radius 1 is 1.33 bits per heavy atom. The van der Waals surface area contributed by atoms with Gasteiger partial charge in [0.2, 0.25) is 0 Å². The average Bonchev–Trinajstić information content (AvgIpc) is 2.75. The molecule has 0 aliphatic rings. The number of nitrogens with zero attached hydrogens (tertiary/aromatic N) is 3. The van der Waals surface area contributed by atoms with E-state index in [4.69, 9.17) is 10.5 Å². The molecule has 0 unspecified atom stereocenters. The zero-order chi connectivity index (χ0) is 13.0. The summed E-state index contributed by atoms with van der Waals surface area (Å²) in [6.07, 6.45) is 1.73. The second kappa shape index (κ2) is 5.53. The number of nitrogen functional groups attached to an aromatic ring is 1. The lowest BCUT2D eigenvalue weighted by molar-refractivity contribution is 0.287. The van der Waals surface area contributed by atoms with E-state index in [2.05, 4.69) is 24.0 Å². The number of hydrogen-bond acceptors (Lipinski definition) is 4. The highest BCUT2D eigenvalue weighted by Crippen LogP contribution is 2.20. The van der Waals surface area contributed by atoms with Gasteiger partial charge in [0, 0.05) is 6.54 Å². The first-order valence-electron chi connectivity index (χ1n) is 6.01. The van der Waals surface area contributed by atoms with Crippen molar-refractivity contribution < 1.29 is 4.74 Å². The maximum absolute atomic E-state index is 5.81. The van der Waals surface area contributed by atoms with Gasteiger partial charge >= 0.3 is 0 Å². The van der Waals surface area contributed by atoms with Gasteiger partial charge in [-0.15, -0.1) is 10.2 Å². The van der Waals surface area contributed by atoms with E-state index >= 15 is 0 Å². The van der Waals surface area contributed by atoms with Gasteiger partial charge in [0.25, 0.3) is 0 Å². The van der Waals surface area contributed by atoms with Crippen molar-refractivity contribution in [3.05, 3.63) is 36.4 Å². The zero-order valence-corrected chi connectivity index (χ0v) is 10.7. The van der Waals surface area contributed by atoms with Crippen molar-refractivity contribution in [1.29, 1.82) is 0 Å². The van der Waals surface area contributed by atoms with Crippen LogP contribution in [-0.2, 0) is 13.2 Å². The molecule has 0 aliphatic carbocycles. The lowest BCUT2D eigenvalue weighted by Crippen LogP contribution is -2.10. The molecular weight excluding hydrogens is 228 g/mol. The lowest BCUT2D eigenvalue weighted by atomic mass is 10.2. The van der Waals surface area contributed by atoms with Crippen molar-refractivity contribution in [3.63, 3.8) is 0 Å². The summed E-state index contributed by atoms with van der Waals surface area (Å²) in [5, 5.41) is 7.97. The maximum Gasteiger partial charge on any atom is 0.170 e. The lowest BCUT2D eigenvalue weighted by Gasteiger charge is -2.11. The van der Waals surface area contributed by atoms with Crippen LogP contribution in [0.4, 0.5) is 5.69 Å². The fourth-order valence-corrected chi connectivity index (χ4v) is 1.69. The van der Waals surface area contributed by atoms with Gasteiger partial charge in [-0.3, -0.25) is 0 Å². The molecule has 1 aromatic heterocycles. The van der Waals surface area contributed by atoms with Crippen LogP contribution in [0.2, 0.25) is 0 Å². The van der Waals surface area contributed by atoms with E-state index < -0.39 is 0 Å². The van der Waals surface area contributed by atoms with Crippen molar-refractivity contribution in [2.75, 3.05) is 5.73 Å². The Bertz CT molecular complexity index is 507. The first kappa shape index (κ1) is 12.4. The number of anilines is 1. The monoisotopic (exact) mass is 246 g/mol. The molecule has 96 valence electrons. The Morgan fingerprint density at radius 3 is 2.83 bits per heavy atom. The number of aromatic nitrogens is 3.